The zero-order valence-electron chi connectivity index (χ0n) is 13.9. The van der Waals surface area contributed by atoms with Crippen molar-refractivity contribution in [2.75, 3.05) is 5.32 Å². The average molecular weight is 558 g/mol. The number of aromatic nitrogens is 4. The molecular formula is C17H14BrIN5O2P. The molecule has 0 bridgehead atoms. The third-order valence-corrected chi connectivity index (χ3v) is 6.09. The second kappa shape index (κ2) is 7.52. The van der Waals surface area contributed by atoms with Crippen molar-refractivity contribution in [1.29, 1.82) is 0 Å². The maximum atomic E-state index is 12.8. The summed E-state index contributed by atoms with van der Waals surface area (Å²) in [6.07, 6.45) is 4.21. The predicted octanol–water partition coefficient (Wildman–Crippen LogP) is 2.92. The highest BCUT2D eigenvalue weighted by atomic mass is 127. The van der Waals surface area contributed by atoms with Gasteiger partial charge in [0.15, 0.2) is 0 Å². The van der Waals surface area contributed by atoms with Crippen LogP contribution >= 0.6 is 47.8 Å². The minimum absolute atomic E-state index is 0.193. The molecule has 27 heavy (non-hydrogen) atoms. The van der Waals surface area contributed by atoms with Crippen LogP contribution in [0, 0.1) is 3.57 Å². The van der Waals surface area contributed by atoms with Crippen molar-refractivity contribution >= 4 is 70.4 Å². The number of fused-ring (bicyclic) bond motifs is 1. The van der Waals surface area contributed by atoms with Crippen LogP contribution in [-0.4, -0.2) is 31.3 Å². The molecule has 7 nitrogen and oxygen atoms in total. The molecule has 1 unspecified atom stereocenters. The number of rotatable bonds is 4. The lowest BCUT2D eigenvalue weighted by atomic mass is 10.1. The van der Waals surface area contributed by atoms with E-state index >= 15 is 0 Å². The van der Waals surface area contributed by atoms with Gasteiger partial charge < -0.3 is 0 Å². The van der Waals surface area contributed by atoms with Gasteiger partial charge in [0.1, 0.15) is 6.54 Å². The molecule has 0 radical (unpaired) electrons. The summed E-state index contributed by atoms with van der Waals surface area (Å²) in [7, 11) is 2.80. The topological polar surface area (TPSA) is 89.8 Å². The first kappa shape index (κ1) is 18.9. The first-order valence-electron chi connectivity index (χ1n) is 8.15. The van der Waals surface area contributed by atoms with Gasteiger partial charge >= 0.3 is 0 Å². The zero-order valence-corrected chi connectivity index (χ0v) is 18.8. The number of benzene rings is 1. The molecule has 1 amide bonds. The SMILES string of the molecule is O=C(Cn1nc([C@H]2C[C@@H]2P)c2cc(Br)ccc2c1=O)Nc1ncc(I)cn1. The molecule has 0 aliphatic heterocycles. The number of hydrogen-bond donors (Lipinski definition) is 1. The van der Waals surface area contributed by atoms with Gasteiger partial charge in [0.25, 0.3) is 5.56 Å². The molecule has 10 heteroatoms. The summed E-state index contributed by atoms with van der Waals surface area (Å²) in [6, 6.07) is 5.50. The summed E-state index contributed by atoms with van der Waals surface area (Å²) in [6.45, 7) is -0.193. The lowest BCUT2D eigenvalue weighted by Gasteiger charge is -2.11. The van der Waals surface area contributed by atoms with Crippen LogP contribution in [-0.2, 0) is 11.3 Å². The fourth-order valence-corrected chi connectivity index (χ4v) is 3.99. The van der Waals surface area contributed by atoms with E-state index in [1.54, 1.807) is 18.5 Å². The quantitative estimate of drug-likeness (QED) is 0.393. The van der Waals surface area contributed by atoms with Crippen molar-refractivity contribution in [3.63, 3.8) is 0 Å². The highest BCUT2D eigenvalue weighted by Gasteiger charge is 2.37. The van der Waals surface area contributed by atoms with Crippen LogP contribution in [0.5, 0.6) is 0 Å². The molecule has 1 N–H and O–H groups in total. The normalized spacial score (nSPS) is 18.5. The zero-order chi connectivity index (χ0) is 19.1. The van der Waals surface area contributed by atoms with Crippen molar-refractivity contribution in [3.05, 3.63) is 54.7 Å². The van der Waals surface area contributed by atoms with E-state index in [4.69, 9.17) is 0 Å². The third-order valence-electron chi connectivity index (χ3n) is 4.31. The van der Waals surface area contributed by atoms with Gasteiger partial charge in [-0.15, -0.1) is 9.24 Å². The van der Waals surface area contributed by atoms with Gasteiger partial charge in [-0.05, 0) is 52.9 Å². The highest BCUT2D eigenvalue weighted by Crippen LogP contribution is 2.47. The number of amides is 1. The van der Waals surface area contributed by atoms with Crippen LogP contribution in [0.15, 0.2) is 39.9 Å². The monoisotopic (exact) mass is 557 g/mol. The van der Waals surface area contributed by atoms with E-state index in [2.05, 4.69) is 68.1 Å². The Hall–Kier alpha value is -1.45. The molecule has 3 atom stereocenters. The second-order valence-corrected chi connectivity index (χ2v) is 9.33. The Bertz CT molecular complexity index is 1100. The van der Waals surface area contributed by atoms with Gasteiger partial charge in [-0.1, -0.05) is 15.9 Å². The molecule has 0 spiro atoms. The first-order valence-corrected chi connectivity index (χ1v) is 10.7. The van der Waals surface area contributed by atoms with Crippen molar-refractivity contribution in [1.82, 2.24) is 19.7 Å². The van der Waals surface area contributed by atoms with Crippen LogP contribution in [0.3, 0.4) is 0 Å². The fourth-order valence-electron chi connectivity index (χ4n) is 2.87. The smallest absolute Gasteiger partial charge is 0.275 e. The van der Waals surface area contributed by atoms with E-state index in [1.807, 2.05) is 12.1 Å². The largest absolute Gasteiger partial charge is 0.293 e. The van der Waals surface area contributed by atoms with Gasteiger partial charge in [0.05, 0.1) is 11.1 Å². The number of hydrogen-bond acceptors (Lipinski definition) is 5. The number of carbonyl (C=O) groups is 1. The summed E-state index contributed by atoms with van der Waals surface area (Å²) in [5.41, 5.74) is 1.00. The van der Waals surface area contributed by atoms with Gasteiger partial charge in [-0.2, -0.15) is 5.10 Å². The molecule has 4 rings (SSSR count). The number of anilines is 1. The van der Waals surface area contributed by atoms with Crippen molar-refractivity contribution in [3.8, 4) is 0 Å². The average Bonchev–Trinajstić information content (AvgIpc) is 3.35. The minimum atomic E-state index is -0.397. The lowest BCUT2D eigenvalue weighted by molar-refractivity contribution is -0.117. The van der Waals surface area contributed by atoms with E-state index in [0.29, 0.717) is 11.0 Å². The summed E-state index contributed by atoms with van der Waals surface area (Å²) in [5.74, 6) is 0.0818. The van der Waals surface area contributed by atoms with Crippen molar-refractivity contribution in [2.45, 2.75) is 24.5 Å². The van der Waals surface area contributed by atoms with Crippen molar-refractivity contribution in [2.24, 2.45) is 0 Å². The van der Waals surface area contributed by atoms with E-state index < -0.39 is 5.91 Å². The van der Waals surface area contributed by atoms with Gasteiger partial charge in [0.2, 0.25) is 11.9 Å². The molecule has 1 fully saturated rings. The molecule has 0 saturated heterocycles. The van der Waals surface area contributed by atoms with Gasteiger partial charge in [-0.25, -0.2) is 14.6 Å². The summed E-state index contributed by atoms with van der Waals surface area (Å²) in [5, 5.41) is 8.51. The number of carbonyl (C=O) groups excluding carboxylic acids is 1. The third kappa shape index (κ3) is 4.05. The molecule has 3 aromatic rings. The Labute approximate surface area is 178 Å². The van der Waals surface area contributed by atoms with Crippen LogP contribution in [0.1, 0.15) is 18.0 Å². The van der Waals surface area contributed by atoms with E-state index in [9.17, 15) is 9.59 Å². The van der Waals surface area contributed by atoms with Crippen LogP contribution < -0.4 is 10.9 Å². The van der Waals surface area contributed by atoms with E-state index in [0.717, 1.165) is 25.5 Å². The minimum Gasteiger partial charge on any atom is -0.293 e. The van der Waals surface area contributed by atoms with Gasteiger partial charge in [-0.3, -0.25) is 14.9 Å². The number of nitrogens with one attached hydrogen (secondary N) is 1. The Morgan fingerprint density at radius 3 is 2.70 bits per heavy atom. The molecule has 138 valence electrons. The van der Waals surface area contributed by atoms with Crippen LogP contribution in [0.4, 0.5) is 5.95 Å². The molecule has 1 aromatic carbocycles. The van der Waals surface area contributed by atoms with E-state index in [-0.39, 0.29) is 24.0 Å². The molecule has 2 heterocycles. The lowest BCUT2D eigenvalue weighted by Crippen LogP contribution is -2.31. The standard InChI is InChI=1S/C17H14BrIN5O2P/c18-8-1-2-10-11(3-8)15(12-4-13(12)27)23-24(16(10)26)7-14(25)22-17-20-5-9(19)6-21-17/h1-3,5-6,12-13H,4,7,27H2,(H,20,21,22,25)/t12-,13-/m0/s1. The van der Waals surface area contributed by atoms with Crippen molar-refractivity contribution < 1.29 is 4.79 Å². The maximum absolute atomic E-state index is 12.8. The Kier molecular flexibility index (Phi) is 5.26. The summed E-state index contributed by atoms with van der Waals surface area (Å²) >= 11 is 5.54. The fraction of sp³-hybridized carbons (Fsp3) is 0.235. The summed E-state index contributed by atoms with van der Waals surface area (Å²) < 4.78 is 2.98. The number of halogens is 2. The van der Waals surface area contributed by atoms with E-state index in [1.165, 1.54) is 4.68 Å². The maximum Gasteiger partial charge on any atom is 0.275 e. The first-order chi connectivity index (χ1) is 12.9. The second-order valence-electron chi connectivity index (χ2n) is 6.32. The Balaban J connectivity index is 1.68. The molecule has 1 saturated carbocycles. The predicted molar refractivity (Wildman–Crippen MR) is 118 cm³/mol. The highest BCUT2D eigenvalue weighted by molar-refractivity contribution is 14.1. The molecule has 1 aliphatic carbocycles. The summed E-state index contributed by atoms with van der Waals surface area (Å²) in [4.78, 5) is 33.3. The molecule has 1 aliphatic rings. The van der Waals surface area contributed by atoms with Gasteiger partial charge in [0, 0.05) is 31.7 Å². The van der Waals surface area contributed by atoms with Crippen LogP contribution in [0.25, 0.3) is 10.8 Å². The number of nitrogens with zero attached hydrogens (tertiary/aromatic N) is 4. The molecule has 2 aromatic heterocycles. The Morgan fingerprint density at radius 2 is 2.04 bits per heavy atom. The molecular weight excluding hydrogens is 544 g/mol. The van der Waals surface area contributed by atoms with Crippen LogP contribution in [0.2, 0.25) is 0 Å². The Morgan fingerprint density at radius 1 is 1.33 bits per heavy atom.